The topological polar surface area (TPSA) is 81.7 Å². The molecule has 2 rings (SSSR count). The minimum absolute atomic E-state index is 0.0765. The zero-order valence-electron chi connectivity index (χ0n) is 17.5. The van der Waals surface area contributed by atoms with Gasteiger partial charge in [0, 0.05) is 21.7 Å². The van der Waals surface area contributed by atoms with Gasteiger partial charge in [-0.05, 0) is 55.3 Å². The summed E-state index contributed by atoms with van der Waals surface area (Å²) in [5.41, 5.74) is 1.47. The molecule has 0 radical (unpaired) electrons. The van der Waals surface area contributed by atoms with E-state index in [-0.39, 0.29) is 24.2 Å². The fourth-order valence-corrected chi connectivity index (χ4v) is 2.97. The van der Waals surface area contributed by atoms with Crippen molar-refractivity contribution in [3.63, 3.8) is 0 Å². The zero-order chi connectivity index (χ0) is 22.3. The number of ketones is 1. The third-order valence-electron chi connectivity index (χ3n) is 4.92. The van der Waals surface area contributed by atoms with Crippen molar-refractivity contribution in [1.82, 2.24) is 5.32 Å². The van der Waals surface area contributed by atoms with Gasteiger partial charge in [-0.25, -0.2) is 4.79 Å². The van der Waals surface area contributed by atoms with Gasteiger partial charge in [0.1, 0.15) is 18.4 Å². The fourth-order valence-electron chi connectivity index (χ4n) is 2.84. The Bertz CT molecular complexity index is 910. The number of halogens is 1. The summed E-state index contributed by atoms with van der Waals surface area (Å²) in [4.78, 5) is 37.0. The molecule has 6 nitrogen and oxygen atoms in total. The highest BCUT2D eigenvalue weighted by atomic mass is 35.5. The zero-order valence-corrected chi connectivity index (χ0v) is 18.3. The molecule has 0 bridgehead atoms. The molecule has 0 aromatic heterocycles. The number of hydrogen-bond acceptors (Lipinski definition) is 5. The Balaban J connectivity index is 2.14. The van der Waals surface area contributed by atoms with E-state index in [4.69, 9.17) is 21.1 Å². The van der Waals surface area contributed by atoms with Crippen LogP contribution >= 0.6 is 11.6 Å². The number of nitrogens with one attached hydrogen (secondary N) is 1. The fraction of sp³-hybridized carbons (Fsp3) is 0.348. The Morgan fingerprint density at radius 1 is 1.07 bits per heavy atom. The van der Waals surface area contributed by atoms with E-state index in [0.717, 1.165) is 0 Å². The molecule has 0 saturated carbocycles. The van der Waals surface area contributed by atoms with Crippen molar-refractivity contribution in [2.75, 3.05) is 7.11 Å². The van der Waals surface area contributed by atoms with Gasteiger partial charge in [-0.1, -0.05) is 31.9 Å². The normalized spacial score (nSPS) is 12.6. The molecule has 160 valence electrons. The highest BCUT2D eigenvalue weighted by molar-refractivity contribution is 6.30. The number of carbonyl (C=O) groups is 3. The van der Waals surface area contributed by atoms with Crippen molar-refractivity contribution in [2.45, 2.75) is 39.8 Å². The van der Waals surface area contributed by atoms with Gasteiger partial charge in [0.15, 0.2) is 5.78 Å². The molecule has 0 unspecified atom stereocenters. The Hall–Kier alpha value is -2.86. The number of amides is 1. The molecule has 1 amide bonds. The number of methoxy groups -OCH3 is 1. The maximum Gasteiger partial charge on any atom is 0.329 e. The van der Waals surface area contributed by atoms with Crippen LogP contribution in [0.2, 0.25) is 5.02 Å². The van der Waals surface area contributed by atoms with Crippen molar-refractivity contribution >= 4 is 29.3 Å². The van der Waals surface area contributed by atoms with Crippen LogP contribution in [-0.2, 0) is 16.1 Å². The molecule has 0 aliphatic carbocycles. The number of carbonyl (C=O) groups excluding carboxylic acids is 3. The van der Waals surface area contributed by atoms with Crippen molar-refractivity contribution in [1.29, 1.82) is 0 Å². The summed E-state index contributed by atoms with van der Waals surface area (Å²) < 4.78 is 10.8. The lowest BCUT2D eigenvalue weighted by molar-refractivity contribution is -0.148. The van der Waals surface area contributed by atoms with Crippen LogP contribution in [-0.4, -0.2) is 30.8 Å². The summed E-state index contributed by atoms with van der Waals surface area (Å²) in [5, 5.41) is 3.28. The standard InChI is InChI=1S/C23H26ClNO5/c1-5-14(2)21(25-22(27)16-6-9-19(24)10-7-16)23(28)30-13-18-12-17(15(3)26)8-11-20(18)29-4/h6-12,14,21H,5,13H2,1-4H3,(H,25,27)/t14-,21-/m0/s1. The van der Waals surface area contributed by atoms with E-state index in [2.05, 4.69) is 5.32 Å². The molecule has 2 aromatic rings. The Morgan fingerprint density at radius 2 is 1.70 bits per heavy atom. The van der Waals surface area contributed by atoms with Gasteiger partial charge in [-0.15, -0.1) is 0 Å². The van der Waals surface area contributed by atoms with Crippen LogP contribution in [0.3, 0.4) is 0 Å². The number of hydrogen-bond donors (Lipinski definition) is 1. The first-order valence-corrected chi connectivity index (χ1v) is 10.1. The van der Waals surface area contributed by atoms with Crippen molar-refractivity contribution in [3.8, 4) is 5.75 Å². The summed E-state index contributed by atoms with van der Waals surface area (Å²) in [5.74, 6) is -0.665. The second-order valence-electron chi connectivity index (χ2n) is 7.03. The first-order chi connectivity index (χ1) is 14.3. The molecule has 7 heteroatoms. The lowest BCUT2D eigenvalue weighted by Crippen LogP contribution is -2.46. The van der Waals surface area contributed by atoms with Gasteiger partial charge >= 0.3 is 5.97 Å². The third kappa shape index (κ3) is 6.07. The highest BCUT2D eigenvalue weighted by Gasteiger charge is 2.28. The number of rotatable bonds is 9. The Kier molecular flexibility index (Phi) is 8.42. The summed E-state index contributed by atoms with van der Waals surface area (Å²) >= 11 is 5.86. The SMILES string of the molecule is CC[C@H](C)[C@H](NC(=O)c1ccc(Cl)cc1)C(=O)OCc1cc(C(C)=O)ccc1OC. The van der Waals surface area contributed by atoms with Crippen LogP contribution in [0.4, 0.5) is 0 Å². The lowest BCUT2D eigenvalue weighted by atomic mass is 9.98. The first-order valence-electron chi connectivity index (χ1n) is 9.67. The van der Waals surface area contributed by atoms with Crippen molar-refractivity contribution in [2.24, 2.45) is 5.92 Å². The van der Waals surface area contributed by atoms with E-state index in [0.29, 0.717) is 33.9 Å². The molecule has 0 aliphatic rings. The minimum atomic E-state index is -0.819. The average Bonchev–Trinajstić information content (AvgIpc) is 2.75. The van der Waals surface area contributed by atoms with Gasteiger partial charge in [0.05, 0.1) is 7.11 Å². The quantitative estimate of drug-likeness (QED) is 0.469. The van der Waals surface area contributed by atoms with Crippen molar-refractivity contribution < 1.29 is 23.9 Å². The average molecular weight is 432 g/mol. The van der Waals surface area contributed by atoms with E-state index >= 15 is 0 Å². The largest absolute Gasteiger partial charge is 0.496 e. The summed E-state index contributed by atoms with van der Waals surface area (Å²) in [7, 11) is 1.50. The minimum Gasteiger partial charge on any atom is -0.496 e. The monoisotopic (exact) mass is 431 g/mol. The predicted molar refractivity (Wildman–Crippen MR) is 115 cm³/mol. The lowest BCUT2D eigenvalue weighted by Gasteiger charge is -2.23. The maximum atomic E-state index is 12.8. The molecule has 0 spiro atoms. The Labute approximate surface area is 181 Å². The van der Waals surface area contributed by atoms with E-state index < -0.39 is 12.0 Å². The van der Waals surface area contributed by atoms with Gasteiger partial charge in [0.25, 0.3) is 5.91 Å². The predicted octanol–water partition coefficient (Wildman–Crippen LogP) is 4.44. The van der Waals surface area contributed by atoms with E-state index in [1.807, 2.05) is 13.8 Å². The molecule has 30 heavy (non-hydrogen) atoms. The van der Waals surface area contributed by atoms with Crippen LogP contribution < -0.4 is 10.1 Å². The molecule has 2 aromatic carbocycles. The molecule has 2 atom stereocenters. The van der Waals surface area contributed by atoms with E-state index in [1.165, 1.54) is 14.0 Å². The van der Waals surface area contributed by atoms with E-state index in [9.17, 15) is 14.4 Å². The molecule has 1 N–H and O–H groups in total. The van der Waals surface area contributed by atoms with Gasteiger partial charge in [-0.3, -0.25) is 9.59 Å². The molecular formula is C23H26ClNO5. The van der Waals surface area contributed by atoms with Crippen LogP contribution in [0, 0.1) is 5.92 Å². The van der Waals surface area contributed by atoms with Gasteiger partial charge in [0.2, 0.25) is 0 Å². The molecule has 0 fully saturated rings. The Morgan fingerprint density at radius 3 is 2.27 bits per heavy atom. The van der Waals surface area contributed by atoms with E-state index in [1.54, 1.807) is 42.5 Å². The summed E-state index contributed by atoms with van der Waals surface area (Å²) in [6.45, 7) is 5.18. The number of esters is 1. The first kappa shape index (κ1) is 23.4. The number of Topliss-reactive ketones (excluding diaryl/α,β-unsaturated/α-hetero) is 1. The van der Waals surface area contributed by atoms with Crippen LogP contribution in [0.1, 0.15) is 53.5 Å². The maximum absolute atomic E-state index is 12.8. The highest BCUT2D eigenvalue weighted by Crippen LogP contribution is 2.22. The molecule has 0 aliphatic heterocycles. The van der Waals surface area contributed by atoms with Crippen LogP contribution in [0.25, 0.3) is 0 Å². The summed E-state index contributed by atoms with van der Waals surface area (Å²) in [6, 6.07) is 10.5. The molecular weight excluding hydrogens is 406 g/mol. The number of ether oxygens (including phenoxy) is 2. The van der Waals surface area contributed by atoms with Crippen molar-refractivity contribution in [3.05, 3.63) is 64.2 Å². The van der Waals surface area contributed by atoms with Crippen LogP contribution in [0.15, 0.2) is 42.5 Å². The third-order valence-corrected chi connectivity index (χ3v) is 5.17. The molecule has 0 saturated heterocycles. The second kappa shape index (κ2) is 10.8. The second-order valence-corrected chi connectivity index (χ2v) is 7.47. The summed E-state index contributed by atoms with van der Waals surface area (Å²) in [6.07, 6.45) is 0.670. The van der Waals surface area contributed by atoms with Gasteiger partial charge < -0.3 is 14.8 Å². The van der Waals surface area contributed by atoms with Gasteiger partial charge in [-0.2, -0.15) is 0 Å². The number of benzene rings is 2. The van der Waals surface area contributed by atoms with Crippen LogP contribution in [0.5, 0.6) is 5.75 Å². The molecule has 0 heterocycles. The smallest absolute Gasteiger partial charge is 0.329 e.